The van der Waals surface area contributed by atoms with Gasteiger partial charge in [0.1, 0.15) is 19.3 Å². The van der Waals surface area contributed by atoms with Crippen molar-refractivity contribution in [2.45, 2.75) is 57.2 Å². The van der Waals surface area contributed by atoms with E-state index in [0.717, 1.165) is 56.3 Å². The second-order valence-electron chi connectivity index (χ2n) is 10.2. The SMILES string of the molecule is O=C(CCCCCN1Cc2ccccc2C1=O)N[C@H](CN1CCCC1)[C@H](O)c1ccc2c(c1)OCCO2. The van der Waals surface area contributed by atoms with Gasteiger partial charge < -0.3 is 29.7 Å². The molecule has 2 atom stereocenters. The summed E-state index contributed by atoms with van der Waals surface area (Å²) in [5.41, 5.74) is 2.61. The van der Waals surface area contributed by atoms with Gasteiger partial charge in [0.05, 0.1) is 6.04 Å². The fourth-order valence-corrected chi connectivity index (χ4v) is 5.48. The summed E-state index contributed by atoms with van der Waals surface area (Å²) < 4.78 is 11.3. The Morgan fingerprint density at radius 3 is 2.59 bits per heavy atom. The van der Waals surface area contributed by atoms with Crippen molar-refractivity contribution in [2.24, 2.45) is 0 Å². The monoisotopic (exact) mass is 507 g/mol. The lowest BCUT2D eigenvalue weighted by Gasteiger charge is -2.29. The Morgan fingerprint density at radius 1 is 1.00 bits per heavy atom. The topological polar surface area (TPSA) is 91.3 Å². The number of hydrogen-bond donors (Lipinski definition) is 2. The number of amides is 2. The molecule has 3 aliphatic rings. The van der Waals surface area contributed by atoms with Crippen LogP contribution in [0, 0.1) is 0 Å². The van der Waals surface area contributed by atoms with Crippen molar-refractivity contribution in [3.63, 3.8) is 0 Å². The largest absolute Gasteiger partial charge is 0.486 e. The molecule has 0 saturated carbocycles. The van der Waals surface area contributed by atoms with E-state index >= 15 is 0 Å². The number of benzene rings is 2. The Morgan fingerprint density at radius 2 is 1.78 bits per heavy atom. The predicted molar refractivity (Wildman–Crippen MR) is 140 cm³/mol. The lowest BCUT2D eigenvalue weighted by Crippen LogP contribution is -2.46. The van der Waals surface area contributed by atoms with Gasteiger partial charge >= 0.3 is 0 Å². The van der Waals surface area contributed by atoms with E-state index in [1.54, 1.807) is 0 Å². The molecule has 8 nitrogen and oxygen atoms in total. The summed E-state index contributed by atoms with van der Waals surface area (Å²) in [5, 5.41) is 14.4. The van der Waals surface area contributed by atoms with Crippen LogP contribution in [0.15, 0.2) is 42.5 Å². The Bertz CT molecular complexity index is 1100. The summed E-state index contributed by atoms with van der Waals surface area (Å²) >= 11 is 0. The minimum atomic E-state index is -0.844. The van der Waals surface area contributed by atoms with Gasteiger partial charge in [-0.05, 0) is 68.1 Å². The van der Waals surface area contributed by atoms with Gasteiger partial charge in [0.25, 0.3) is 5.91 Å². The molecule has 2 aromatic rings. The predicted octanol–water partition coefficient (Wildman–Crippen LogP) is 3.29. The van der Waals surface area contributed by atoms with E-state index in [0.29, 0.717) is 56.3 Å². The lowest BCUT2D eigenvalue weighted by molar-refractivity contribution is -0.123. The molecule has 3 heterocycles. The van der Waals surface area contributed by atoms with Crippen LogP contribution in [0.3, 0.4) is 0 Å². The molecule has 2 aromatic carbocycles. The Balaban J connectivity index is 1.10. The first-order valence-electron chi connectivity index (χ1n) is 13.5. The fraction of sp³-hybridized carbons (Fsp3) is 0.517. The van der Waals surface area contributed by atoms with Crippen LogP contribution in [0.5, 0.6) is 11.5 Å². The van der Waals surface area contributed by atoms with E-state index in [1.165, 1.54) is 0 Å². The van der Waals surface area contributed by atoms with E-state index in [2.05, 4.69) is 10.2 Å². The van der Waals surface area contributed by atoms with E-state index in [-0.39, 0.29) is 11.8 Å². The van der Waals surface area contributed by atoms with Crippen molar-refractivity contribution in [1.29, 1.82) is 0 Å². The highest BCUT2D eigenvalue weighted by Crippen LogP contribution is 2.33. The molecule has 3 aliphatic heterocycles. The fourth-order valence-electron chi connectivity index (χ4n) is 5.48. The number of unbranched alkanes of at least 4 members (excludes halogenated alkanes) is 2. The van der Waals surface area contributed by atoms with Gasteiger partial charge in [-0.2, -0.15) is 0 Å². The third-order valence-electron chi connectivity index (χ3n) is 7.52. The molecule has 2 N–H and O–H groups in total. The molecule has 2 amide bonds. The highest BCUT2D eigenvalue weighted by molar-refractivity contribution is 5.98. The number of nitrogens with one attached hydrogen (secondary N) is 1. The van der Waals surface area contributed by atoms with Crippen molar-refractivity contribution < 1.29 is 24.2 Å². The first kappa shape index (κ1) is 25.5. The maximum atomic E-state index is 12.9. The van der Waals surface area contributed by atoms with Gasteiger partial charge in [0.15, 0.2) is 11.5 Å². The normalized spacial score (nSPS) is 18.5. The number of rotatable bonds is 11. The lowest BCUT2D eigenvalue weighted by atomic mass is 10.0. The minimum absolute atomic E-state index is 0.0505. The molecule has 1 fully saturated rings. The molecule has 0 bridgehead atoms. The molecular formula is C29H37N3O5. The molecule has 37 heavy (non-hydrogen) atoms. The first-order valence-corrected chi connectivity index (χ1v) is 13.5. The van der Waals surface area contributed by atoms with Gasteiger partial charge in [-0.3, -0.25) is 9.59 Å². The van der Waals surface area contributed by atoms with Crippen LogP contribution >= 0.6 is 0 Å². The first-order chi connectivity index (χ1) is 18.1. The van der Waals surface area contributed by atoms with E-state index in [9.17, 15) is 14.7 Å². The zero-order valence-electron chi connectivity index (χ0n) is 21.4. The number of ether oxygens (including phenoxy) is 2. The maximum absolute atomic E-state index is 12.9. The number of carbonyl (C=O) groups excluding carboxylic acids is 2. The summed E-state index contributed by atoms with van der Waals surface area (Å²) in [6, 6.07) is 12.9. The number of aliphatic hydroxyl groups excluding tert-OH is 1. The Kier molecular flexibility index (Phi) is 8.26. The van der Waals surface area contributed by atoms with Crippen LogP contribution in [0.2, 0.25) is 0 Å². The summed E-state index contributed by atoms with van der Waals surface area (Å²) in [4.78, 5) is 29.6. The zero-order valence-corrected chi connectivity index (χ0v) is 21.4. The van der Waals surface area contributed by atoms with Crippen LogP contribution in [0.1, 0.15) is 66.1 Å². The highest BCUT2D eigenvalue weighted by Gasteiger charge is 2.28. The smallest absolute Gasteiger partial charge is 0.254 e. The molecule has 0 aromatic heterocycles. The number of nitrogens with zero attached hydrogens (tertiary/aromatic N) is 2. The molecule has 0 radical (unpaired) electrons. The van der Waals surface area contributed by atoms with E-state index in [1.807, 2.05) is 47.4 Å². The van der Waals surface area contributed by atoms with E-state index < -0.39 is 12.1 Å². The standard InChI is InChI=1S/C29H37N3O5/c33-27(10-2-1-5-15-32-19-22-8-3-4-9-23(22)29(32)35)30-24(20-31-13-6-7-14-31)28(34)21-11-12-25-26(18-21)37-17-16-36-25/h3-4,8-9,11-12,18,24,28,34H,1-2,5-7,10,13-17,19-20H2,(H,30,33)/t24-,28-/m1/s1. The summed E-state index contributed by atoms with van der Waals surface area (Å²) in [7, 11) is 0. The number of hydrogen-bond acceptors (Lipinski definition) is 6. The van der Waals surface area contributed by atoms with Crippen molar-refractivity contribution >= 4 is 11.8 Å². The number of likely N-dealkylation sites (tertiary alicyclic amines) is 1. The quantitative estimate of drug-likeness (QED) is 0.454. The van der Waals surface area contributed by atoms with Crippen LogP contribution < -0.4 is 14.8 Å². The zero-order chi connectivity index (χ0) is 25.6. The maximum Gasteiger partial charge on any atom is 0.254 e. The summed E-state index contributed by atoms with van der Waals surface area (Å²) in [6.45, 7) is 4.96. The van der Waals surface area contributed by atoms with Gasteiger partial charge in [0.2, 0.25) is 5.91 Å². The Hall–Kier alpha value is -3.10. The average Bonchev–Trinajstić information content (AvgIpc) is 3.55. The van der Waals surface area contributed by atoms with Crippen molar-refractivity contribution in [3.05, 3.63) is 59.2 Å². The molecule has 198 valence electrons. The second kappa shape index (κ2) is 12.0. The molecule has 5 rings (SSSR count). The third-order valence-corrected chi connectivity index (χ3v) is 7.52. The molecule has 8 heteroatoms. The number of aliphatic hydroxyl groups is 1. The number of carbonyl (C=O) groups is 2. The molecule has 0 spiro atoms. The van der Waals surface area contributed by atoms with Crippen molar-refractivity contribution in [3.8, 4) is 11.5 Å². The van der Waals surface area contributed by atoms with Gasteiger partial charge in [-0.15, -0.1) is 0 Å². The van der Waals surface area contributed by atoms with Gasteiger partial charge in [0, 0.05) is 31.6 Å². The van der Waals surface area contributed by atoms with Crippen LogP contribution in [0.4, 0.5) is 0 Å². The highest BCUT2D eigenvalue weighted by atomic mass is 16.6. The van der Waals surface area contributed by atoms with Crippen molar-refractivity contribution in [1.82, 2.24) is 15.1 Å². The molecule has 0 unspecified atom stereocenters. The van der Waals surface area contributed by atoms with E-state index in [4.69, 9.17) is 9.47 Å². The second-order valence-corrected chi connectivity index (χ2v) is 10.2. The number of fused-ring (bicyclic) bond motifs is 2. The molecule has 1 saturated heterocycles. The third kappa shape index (κ3) is 6.25. The van der Waals surface area contributed by atoms with Gasteiger partial charge in [-0.25, -0.2) is 0 Å². The van der Waals surface area contributed by atoms with Crippen molar-refractivity contribution in [2.75, 3.05) is 39.4 Å². The Labute approximate surface area is 218 Å². The van der Waals surface area contributed by atoms with Crippen LogP contribution in [-0.4, -0.2) is 72.2 Å². The van der Waals surface area contributed by atoms with Crippen LogP contribution in [0.25, 0.3) is 0 Å². The average molecular weight is 508 g/mol. The van der Waals surface area contributed by atoms with Crippen LogP contribution in [-0.2, 0) is 11.3 Å². The summed E-state index contributed by atoms with van der Waals surface area (Å²) in [5.74, 6) is 1.37. The minimum Gasteiger partial charge on any atom is -0.486 e. The molecule has 0 aliphatic carbocycles. The summed E-state index contributed by atoms with van der Waals surface area (Å²) in [6.07, 6.45) is 4.33. The molecular weight excluding hydrogens is 470 g/mol. The van der Waals surface area contributed by atoms with Gasteiger partial charge in [-0.1, -0.05) is 30.7 Å².